The summed E-state index contributed by atoms with van der Waals surface area (Å²) in [5.41, 5.74) is 8.61. The molecular formula is C16H16BrFN2O. The van der Waals surface area contributed by atoms with Crippen LogP contribution in [0.3, 0.4) is 0 Å². The lowest BCUT2D eigenvalue weighted by Crippen LogP contribution is -2.15. The predicted octanol–water partition coefficient (Wildman–Crippen LogP) is 4.29. The molecule has 0 radical (unpaired) electrons. The normalized spacial score (nSPS) is 10.5. The predicted molar refractivity (Wildman–Crippen MR) is 87.0 cm³/mol. The van der Waals surface area contributed by atoms with E-state index >= 15 is 0 Å². The van der Waals surface area contributed by atoms with Crippen molar-refractivity contribution in [3.05, 3.63) is 57.3 Å². The van der Waals surface area contributed by atoms with Crippen LogP contribution in [0.15, 0.2) is 34.8 Å². The van der Waals surface area contributed by atoms with Crippen LogP contribution < -0.4 is 11.1 Å². The van der Waals surface area contributed by atoms with Crippen molar-refractivity contribution in [3.8, 4) is 0 Å². The van der Waals surface area contributed by atoms with Gasteiger partial charge in [0, 0.05) is 10.2 Å². The Bertz CT molecular complexity index is 701. The summed E-state index contributed by atoms with van der Waals surface area (Å²) in [7, 11) is 0. The second kappa shape index (κ2) is 6.26. The number of nitrogens with one attached hydrogen (secondary N) is 1. The molecule has 0 aromatic heterocycles. The van der Waals surface area contributed by atoms with Crippen molar-refractivity contribution in [2.75, 3.05) is 11.1 Å². The summed E-state index contributed by atoms with van der Waals surface area (Å²) in [5, 5.41) is 2.89. The summed E-state index contributed by atoms with van der Waals surface area (Å²) in [6.45, 7) is 3.96. The first kappa shape index (κ1) is 15.5. The lowest BCUT2D eigenvalue weighted by molar-refractivity contribution is 0.102. The van der Waals surface area contributed by atoms with Crippen LogP contribution in [0, 0.1) is 12.7 Å². The molecule has 2 rings (SSSR count). The lowest BCUT2D eigenvalue weighted by atomic mass is 10.1. The van der Waals surface area contributed by atoms with E-state index in [0.717, 1.165) is 23.2 Å². The highest BCUT2D eigenvalue weighted by molar-refractivity contribution is 9.10. The maximum absolute atomic E-state index is 13.3. The van der Waals surface area contributed by atoms with Gasteiger partial charge < -0.3 is 11.1 Å². The topological polar surface area (TPSA) is 55.1 Å². The van der Waals surface area contributed by atoms with Crippen molar-refractivity contribution < 1.29 is 9.18 Å². The lowest BCUT2D eigenvalue weighted by Gasteiger charge is -2.14. The molecule has 0 heterocycles. The van der Waals surface area contributed by atoms with Gasteiger partial charge in [0.2, 0.25) is 0 Å². The number of carbonyl (C=O) groups is 1. The summed E-state index contributed by atoms with van der Waals surface area (Å²) < 4.78 is 13.7. The molecule has 2 aromatic rings. The van der Waals surface area contributed by atoms with Crippen molar-refractivity contribution >= 4 is 33.2 Å². The third-order valence-electron chi connectivity index (χ3n) is 3.31. The van der Waals surface area contributed by atoms with Crippen LogP contribution in [0.25, 0.3) is 0 Å². The van der Waals surface area contributed by atoms with Crippen LogP contribution in [0.5, 0.6) is 0 Å². The van der Waals surface area contributed by atoms with Crippen LogP contribution in [0.2, 0.25) is 0 Å². The van der Waals surface area contributed by atoms with Gasteiger partial charge in [-0.25, -0.2) is 4.39 Å². The molecule has 0 aliphatic rings. The van der Waals surface area contributed by atoms with Gasteiger partial charge in [-0.1, -0.05) is 25.1 Å². The molecule has 0 saturated carbocycles. The largest absolute Gasteiger partial charge is 0.396 e. The summed E-state index contributed by atoms with van der Waals surface area (Å²) in [6, 6.07) is 8.39. The SMILES string of the molecule is CCc1cccc(C)c1NC(=O)c1cc(N)c(F)cc1Br. The number of anilines is 2. The number of hydrogen-bond donors (Lipinski definition) is 2. The van der Waals surface area contributed by atoms with E-state index in [1.807, 2.05) is 32.0 Å². The third kappa shape index (κ3) is 3.24. The van der Waals surface area contributed by atoms with Crippen LogP contribution in [-0.4, -0.2) is 5.91 Å². The van der Waals surface area contributed by atoms with E-state index in [1.165, 1.54) is 12.1 Å². The Hall–Kier alpha value is -1.88. The fourth-order valence-electron chi connectivity index (χ4n) is 2.12. The van der Waals surface area contributed by atoms with E-state index < -0.39 is 5.82 Å². The number of nitrogens with two attached hydrogens (primary N) is 1. The van der Waals surface area contributed by atoms with Crippen LogP contribution >= 0.6 is 15.9 Å². The van der Waals surface area contributed by atoms with E-state index in [-0.39, 0.29) is 11.6 Å². The van der Waals surface area contributed by atoms with Crippen molar-refractivity contribution in [1.82, 2.24) is 0 Å². The Morgan fingerprint density at radius 2 is 2.10 bits per heavy atom. The van der Waals surface area contributed by atoms with Gasteiger partial charge in [-0.3, -0.25) is 4.79 Å². The molecule has 21 heavy (non-hydrogen) atoms. The number of nitrogen functional groups attached to an aromatic ring is 1. The third-order valence-corrected chi connectivity index (χ3v) is 3.97. The maximum atomic E-state index is 13.3. The fraction of sp³-hybridized carbons (Fsp3) is 0.188. The minimum atomic E-state index is -0.552. The zero-order chi connectivity index (χ0) is 15.6. The molecule has 0 fully saturated rings. The molecule has 5 heteroatoms. The molecule has 1 amide bonds. The number of hydrogen-bond acceptors (Lipinski definition) is 2. The molecule has 0 aliphatic carbocycles. The second-order valence-corrected chi connectivity index (χ2v) is 5.62. The number of amides is 1. The Labute approximate surface area is 131 Å². The molecular weight excluding hydrogens is 335 g/mol. The summed E-state index contributed by atoms with van der Waals surface area (Å²) >= 11 is 3.19. The zero-order valence-electron chi connectivity index (χ0n) is 11.8. The number of para-hydroxylation sites is 1. The van der Waals surface area contributed by atoms with E-state index in [0.29, 0.717) is 10.0 Å². The van der Waals surface area contributed by atoms with Crippen LogP contribution in [-0.2, 0) is 6.42 Å². The van der Waals surface area contributed by atoms with Gasteiger partial charge in [0.25, 0.3) is 5.91 Å². The second-order valence-electron chi connectivity index (χ2n) is 4.77. The Morgan fingerprint density at radius 3 is 2.76 bits per heavy atom. The first-order valence-corrected chi connectivity index (χ1v) is 7.37. The Balaban J connectivity index is 2.37. The first-order chi connectivity index (χ1) is 9.93. The summed E-state index contributed by atoms with van der Waals surface area (Å²) in [6.07, 6.45) is 0.810. The van der Waals surface area contributed by atoms with Crippen LogP contribution in [0.4, 0.5) is 15.8 Å². The van der Waals surface area contributed by atoms with Crippen molar-refractivity contribution in [2.45, 2.75) is 20.3 Å². The van der Waals surface area contributed by atoms with E-state index in [4.69, 9.17) is 5.73 Å². The van der Waals surface area contributed by atoms with Gasteiger partial charge in [-0.15, -0.1) is 0 Å². The van der Waals surface area contributed by atoms with Gasteiger partial charge in [0.1, 0.15) is 5.82 Å². The molecule has 2 aromatic carbocycles. The smallest absolute Gasteiger partial charge is 0.256 e. The number of benzene rings is 2. The molecule has 0 bridgehead atoms. The molecule has 3 nitrogen and oxygen atoms in total. The molecule has 0 aliphatic heterocycles. The van der Waals surface area contributed by atoms with E-state index in [2.05, 4.69) is 21.2 Å². The maximum Gasteiger partial charge on any atom is 0.256 e. The van der Waals surface area contributed by atoms with Gasteiger partial charge in [0.15, 0.2) is 0 Å². The highest BCUT2D eigenvalue weighted by atomic mass is 79.9. The molecule has 110 valence electrons. The van der Waals surface area contributed by atoms with Gasteiger partial charge >= 0.3 is 0 Å². The van der Waals surface area contributed by atoms with E-state index in [1.54, 1.807) is 0 Å². The average molecular weight is 351 g/mol. The number of rotatable bonds is 3. The highest BCUT2D eigenvalue weighted by Crippen LogP contribution is 2.26. The molecule has 0 saturated heterocycles. The first-order valence-electron chi connectivity index (χ1n) is 6.58. The highest BCUT2D eigenvalue weighted by Gasteiger charge is 2.15. The molecule has 0 spiro atoms. The van der Waals surface area contributed by atoms with E-state index in [9.17, 15) is 9.18 Å². The molecule has 3 N–H and O–H groups in total. The quantitative estimate of drug-likeness (QED) is 0.811. The number of aryl methyl sites for hydroxylation is 2. The summed E-state index contributed by atoms with van der Waals surface area (Å²) in [5.74, 6) is -0.874. The van der Waals surface area contributed by atoms with Crippen LogP contribution in [0.1, 0.15) is 28.4 Å². The monoisotopic (exact) mass is 350 g/mol. The van der Waals surface area contributed by atoms with Gasteiger partial charge in [-0.2, -0.15) is 0 Å². The van der Waals surface area contributed by atoms with Crippen molar-refractivity contribution in [3.63, 3.8) is 0 Å². The summed E-state index contributed by atoms with van der Waals surface area (Å²) in [4.78, 5) is 12.4. The molecule has 0 atom stereocenters. The Kier molecular flexibility index (Phi) is 4.63. The standard InChI is InChI=1S/C16H16BrFN2O/c1-3-10-6-4-5-9(2)15(10)20-16(21)11-7-14(19)13(18)8-12(11)17/h4-8H,3,19H2,1-2H3,(H,20,21). The minimum absolute atomic E-state index is 0.0520. The average Bonchev–Trinajstić information content (AvgIpc) is 2.44. The Morgan fingerprint density at radius 1 is 1.38 bits per heavy atom. The fourth-order valence-corrected chi connectivity index (χ4v) is 2.62. The minimum Gasteiger partial charge on any atom is -0.396 e. The molecule has 0 unspecified atom stereocenters. The van der Waals surface area contributed by atoms with Crippen molar-refractivity contribution in [2.24, 2.45) is 0 Å². The zero-order valence-corrected chi connectivity index (χ0v) is 13.4. The van der Waals surface area contributed by atoms with Gasteiger partial charge in [-0.05, 0) is 52.5 Å². The van der Waals surface area contributed by atoms with Crippen molar-refractivity contribution in [1.29, 1.82) is 0 Å². The van der Waals surface area contributed by atoms with Gasteiger partial charge in [0.05, 0.1) is 11.3 Å². The number of carbonyl (C=O) groups excluding carboxylic acids is 1. The number of halogens is 2.